The summed E-state index contributed by atoms with van der Waals surface area (Å²) in [5.74, 6) is -0.214. The van der Waals surface area contributed by atoms with Gasteiger partial charge in [0, 0.05) is 15.4 Å². The van der Waals surface area contributed by atoms with Crippen LogP contribution >= 0.6 is 39.0 Å². The number of H-pyrrole nitrogens is 1. The maximum atomic E-state index is 13.7. The van der Waals surface area contributed by atoms with Crippen LogP contribution in [-0.2, 0) is 6.18 Å². The molecular weight excluding hydrogens is 499 g/mol. The lowest BCUT2D eigenvalue weighted by atomic mass is 9.98. The monoisotopic (exact) mass is 511 g/mol. The van der Waals surface area contributed by atoms with Crippen LogP contribution in [0.25, 0.3) is 22.6 Å². The van der Waals surface area contributed by atoms with E-state index < -0.39 is 11.7 Å². The third kappa shape index (κ3) is 4.12. The molecule has 0 saturated heterocycles. The first-order valence-electron chi connectivity index (χ1n) is 8.52. The topological polar surface area (TPSA) is 61.8 Å². The summed E-state index contributed by atoms with van der Waals surface area (Å²) in [5.41, 5.74) is 1.11. The van der Waals surface area contributed by atoms with Crippen molar-refractivity contribution in [3.8, 4) is 5.88 Å². The SMILES string of the molecule is CSc1nc(O)c(C(=Cc2ccc(Br)cc2C(F)(F)F)c2ccc3[nH]ncc3c2)s1. The van der Waals surface area contributed by atoms with Crippen molar-refractivity contribution in [3.63, 3.8) is 0 Å². The molecule has 0 fully saturated rings. The molecule has 2 aromatic heterocycles. The fraction of sp³-hybridized carbons (Fsp3) is 0.100. The van der Waals surface area contributed by atoms with Crippen LogP contribution < -0.4 is 0 Å². The molecule has 0 atom stereocenters. The summed E-state index contributed by atoms with van der Waals surface area (Å²) < 4.78 is 41.9. The number of aromatic nitrogens is 3. The molecule has 0 unspecified atom stereocenters. The van der Waals surface area contributed by atoms with Crippen LogP contribution in [0.4, 0.5) is 13.2 Å². The fourth-order valence-corrected chi connectivity index (χ4v) is 4.85. The number of hydrogen-bond acceptors (Lipinski definition) is 5. The maximum absolute atomic E-state index is 13.7. The smallest absolute Gasteiger partial charge is 0.417 e. The lowest BCUT2D eigenvalue weighted by Crippen LogP contribution is -2.07. The molecule has 0 aliphatic rings. The first-order chi connectivity index (χ1) is 14.3. The van der Waals surface area contributed by atoms with Crippen LogP contribution in [0.15, 0.2) is 51.4 Å². The summed E-state index contributed by atoms with van der Waals surface area (Å²) in [6, 6.07) is 9.38. The Labute approximate surface area is 186 Å². The summed E-state index contributed by atoms with van der Waals surface area (Å²) in [5, 5.41) is 18.1. The number of alkyl halides is 3. The quantitative estimate of drug-likeness (QED) is 0.233. The highest BCUT2D eigenvalue weighted by atomic mass is 79.9. The summed E-state index contributed by atoms with van der Waals surface area (Å²) in [6.07, 6.45) is 0.361. The van der Waals surface area contributed by atoms with E-state index in [0.29, 0.717) is 24.8 Å². The van der Waals surface area contributed by atoms with Gasteiger partial charge in [0.25, 0.3) is 0 Å². The van der Waals surface area contributed by atoms with Gasteiger partial charge < -0.3 is 5.11 Å². The molecular formula is C20H13BrF3N3OS2. The molecule has 2 aromatic carbocycles. The van der Waals surface area contributed by atoms with E-state index in [4.69, 9.17) is 0 Å². The van der Waals surface area contributed by atoms with Crippen molar-refractivity contribution < 1.29 is 18.3 Å². The van der Waals surface area contributed by atoms with E-state index in [-0.39, 0.29) is 11.4 Å². The average molecular weight is 512 g/mol. The summed E-state index contributed by atoms with van der Waals surface area (Å²) >= 11 is 5.69. The Balaban J connectivity index is 1.97. The van der Waals surface area contributed by atoms with Gasteiger partial charge in [-0.2, -0.15) is 23.3 Å². The number of fused-ring (bicyclic) bond motifs is 1. The third-order valence-electron chi connectivity index (χ3n) is 4.38. The molecule has 0 radical (unpaired) electrons. The summed E-state index contributed by atoms with van der Waals surface area (Å²) in [7, 11) is 0. The highest BCUT2D eigenvalue weighted by Crippen LogP contribution is 2.41. The van der Waals surface area contributed by atoms with Gasteiger partial charge in [-0.05, 0) is 47.7 Å². The van der Waals surface area contributed by atoms with Crippen molar-refractivity contribution >= 4 is 61.6 Å². The Hall–Kier alpha value is -2.30. The predicted molar refractivity (Wildman–Crippen MR) is 118 cm³/mol. The number of thioether (sulfide) groups is 1. The van der Waals surface area contributed by atoms with Gasteiger partial charge in [0.05, 0.1) is 22.2 Å². The van der Waals surface area contributed by atoms with Gasteiger partial charge in [-0.3, -0.25) is 5.10 Å². The van der Waals surface area contributed by atoms with Crippen molar-refractivity contribution in [3.05, 3.63) is 68.6 Å². The Kier molecular flexibility index (Phi) is 5.65. The van der Waals surface area contributed by atoms with E-state index in [1.165, 1.54) is 35.2 Å². The lowest BCUT2D eigenvalue weighted by Gasteiger charge is -2.13. The van der Waals surface area contributed by atoms with Gasteiger partial charge in [-0.15, -0.1) is 11.3 Å². The number of nitrogens with zero attached hydrogens (tertiary/aromatic N) is 2. The molecule has 4 rings (SSSR count). The second-order valence-corrected chi connectivity index (χ2v) is 9.26. The van der Waals surface area contributed by atoms with Crippen LogP contribution in [0.1, 0.15) is 21.6 Å². The van der Waals surface area contributed by atoms with E-state index >= 15 is 0 Å². The fourth-order valence-electron chi connectivity index (χ4n) is 3.00. The second-order valence-electron chi connectivity index (χ2n) is 6.30. The Morgan fingerprint density at radius 3 is 2.73 bits per heavy atom. The molecule has 4 nitrogen and oxygen atoms in total. The molecule has 0 spiro atoms. The minimum absolute atomic E-state index is 0.00788. The van der Waals surface area contributed by atoms with E-state index in [1.807, 2.05) is 12.3 Å². The van der Waals surface area contributed by atoms with Crippen LogP contribution in [0, 0.1) is 0 Å². The zero-order valence-corrected chi connectivity index (χ0v) is 18.5. The van der Waals surface area contributed by atoms with Crippen molar-refractivity contribution in [2.75, 3.05) is 6.26 Å². The highest BCUT2D eigenvalue weighted by molar-refractivity contribution is 9.10. The van der Waals surface area contributed by atoms with Gasteiger partial charge in [0.1, 0.15) is 0 Å². The van der Waals surface area contributed by atoms with Crippen molar-refractivity contribution in [2.24, 2.45) is 0 Å². The van der Waals surface area contributed by atoms with Gasteiger partial charge in [0.2, 0.25) is 5.88 Å². The zero-order valence-electron chi connectivity index (χ0n) is 15.3. The van der Waals surface area contributed by atoms with Gasteiger partial charge in [-0.1, -0.05) is 39.8 Å². The predicted octanol–water partition coefficient (Wildman–Crippen LogP) is 6.82. The minimum Gasteiger partial charge on any atom is -0.492 e. The normalized spacial score (nSPS) is 12.6. The number of aromatic hydroxyl groups is 1. The minimum atomic E-state index is -4.53. The first-order valence-corrected chi connectivity index (χ1v) is 11.4. The zero-order chi connectivity index (χ0) is 21.5. The van der Waals surface area contributed by atoms with E-state index in [9.17, 15) is 18.3 Å². The molecule has 0 aliphatic heterocycles. The largest absolute Gasteiger partial charge is 0.492 e. The van der Waals surface area contributed by atoms with Crippen LogP contribution in [0.3, 0.4) is 0 Å². The number of benzene rings is 2. The Morgan fingerprint density at radius 2 is 2.03 bits per heavy atom. The number of aromatic amines is 1. The molecule has 0 saturated carbocycles. The molecule has 30 heavy (non-hydrogen) atoms. The van der Waals surface area contributed by atoms with Crippen LogP contribution in [0.5, 0.6) is 5.88 Å². The number of hydrogen-bond donors (Lipinski definition) is 2. The van der Waals surface area contributed by atoms with Gasteiger partial charge in [0.15, 0.2) is 4.34 Å². The molecule has 2 N–H and O–H groups in total. The maximum Gasteiger partial charge on any atom is 0.417 e. The van der Waals surface area contributed by atoms with Crippen LogP contribution in [-0.4, -0.2) is 26.5 Å². The second kappa shape index (κ2) is 8.09. The lowest BCUT2D eigenvalue weighted by molar-refractivity contribution is -0.137. The molecule has 10 heteroatoms. The molecule has 0 amide bonds. The molecule has 0 aliphatic carbocycles. The number of halogens is 4. The van der Waals surface area contributed by atoms with Crippen molar-refractivity contribution in [1.29, 1.82) is 0 Å². The van der Waals surface area contributed by atoms with Crippen molar-refractivity contribution in [1.82, 2.24) is 15.2 Å². The Bertz CT molecular complexity index is 1260. The Morgan fingerprint density at radius 1 is 1.23 bits per heavy atom. The van der Waals surface area contributed by atoms with Gasteiger partial charge >= 0.3 is 6.18 Å². The van der Waals surface area contributed by atoms with Crippen molar-refractivity contribution in [2.45, 2.75) is 10.5 Å². The molecule has 154 valence electrons. The molecule has 2 heterocycles. The summed E-state index contributed by atoms with van der Waals surface area (Å²) in [4.78, 5) is 4.50. The standard InChI is InChI=1S/C20H13BrF3N3OS2/c1-29-19-26-18(28)17(30-19)14(10-3-5-16-12(6-10)9-25-27-16)7-11-2-4-13(21)8-15(11)20(22,23)24/h2-9,28H,1H3,(H,25,27). The summed E-state index contributed by atoms with van der Waals surface area (Å²) in [6.45, 7) is 0. The molecule has 4 aromatic rings. The number of rotatable bonds is 4. The first kappa shape index (κ1) is 21.0. The number of thiazole rings is 1. The van der Waals surface area contributed by atoms with Gasteiger partial charge in [-0.25, -0.2) is 0 Å². The van der Waals surface area contributed by atoms with E-state index in [2.05, 4.69) is 31.1 Å². The number of nitrogens with one attached hydrogen (secondary N) is 1. The van der Waals surface area contributed by atoms with Crippen LogP contribution in [0.2, 0.25) is 0 Å². The average Bonchev–Trinajstić information content (AvgIpc) is 3.32. The third-order valence-corrected chi connectivity index (χ3v) is 6.94. The molecule has 0 bridgehead atoms. The van der Waals surface area contributed by atoms with E-state index in [1.54, 1.807) is 24.4 Å². The highest BCUT2D eigenvalue weighted by Gasteiger charge is 2.33. The van der Waals surface area contributed by atoms with E-state index in [0.717, 1.165) is 17.0 Å².